The zero-order chi connectivity index (χ0) is 7.49. The summed E-state index contributed by atoms with van der Waals surface area (Å²) in [4.78, 5) is 3.80. The van der Waals surface area contributed by atoms with Crippen LogP contribution in [0.4, 0.5) is 0 Å². The van der Waals surface area contributed by atoms with Crippen molar-refractivity contribution in [3.63, 3.8) is 0 Å². The highest BCUT2D eigenvalue weighted by molar-refractivity contribution is 4.59. The summed E-state index contributed by atoms with van der Waals surface area (Å²) in [5.74, 6) is -1.07. The fourth-order valence-electron chi connectivity index (χ4n) is 0.795. The Morgan fingerprint density at radius 2 is 2.00 bits per heavy atom. The molecule has 0 aromatic carbocycles. The molecule has 2 N–H and O–H groups in total. The molecule has 9 heavy (non-hydrogen) atoms. The lowest BCUT2D eigenvalue weighted by Crippen LogP contribution is -2.28. The molecule has 0 radical (unpaired) electrons. The minimum Gasteiger partial charge on any atom is -0.363 e. The zero-order valence-electron chi connectivity index (χ0n) is 6.09. The molecule has 0 aliphatic heterocycles. The van der Waals surface area contributed by atoms with Gasteiger partial charge in [0.2, 0.25) is 0 Å². The maximum atomic E-state index is 9.02. The van der Waals surface area contributed by atoms with Gasteiger partial charge in [0.05, 0.1) is 0 Å². The average molecular weight is 134 g/mol. The van der Waals surface area contributed by atoms with Gasteiger partial charge in [0, 0.05) is 6.42 Å². The molecular weight excluding hydrogens is 120 g/mol. The van der Waals surface area contributed by atoms with E-state index in [1.807, 2.05) is 13.8 Å². The van der Waals surface area contributed by atoms with Crippen molar-refractivity contribution in [2.24, 2.45) is 5.92 Å². The third-order valence-electron chi connectivity index (χ3n) is 0.984. The second-order valence-electron chi connectivity index (χ2n) is 2.86. The van der Waals surface area contributed by atoms with Crippen LogP contribution < -0.4 is 0 Å². The molecule has 0 aliphatic carbocycles. The van der Waals surface area contributed by atoms with E-state index in [9.17, 15) is 0 Å². The van der Waals surface area contributed by atoms with Crippen molar-refractivity contribution < 1.29 is 15.3 Å². The maximum absolute atomic E-state index is 9.02. The van der Waals surface area contributed by atoms with E-state index in [1.54, 1.807) is 0 Å². The van der Waals surface area contributed by atoms with Gasteiger partial charge in [-0.1, -0.05) is 13.8 Å². The molecule has 0 aromatic rings. The minimum atomic E-state index is -1.38. The van der Waals surface area contributed by atoms with Gasteiger partial charge in [0.25, 0.3) is 0 Å². The lowest BCUT2D eigenvalue weighted by atomic mass is 10.1. The maximum Gasteiger partial charge on any atom is 0.196 e. The van der Waals surface area contributed by atoms with E-state index in [0.717, 1.165) is 0 Å². The normalized spacial score (nSPS) is 18.0. The van der Waals surface area contributed by atoms with Crippen LogP contribution in [0.25, 0.3) is 0 Å². The molecule has 0 fully saturated rings. The van der Waals surface area contributed by atoms with Gasteiger partial charge in [-0.05, 0) is 12.8 Å². The minimum absolute atomic E-state index is 0.312. The van der Waals surface area contributed by atoms with Gasteiger partial charge in [-0.15, -0.1) is 0 Å². The summed E-state index contributed by atoms with van der Waals surface area (Å²) < 4.78 is 0. The van der Waals surface area contributed by atoms with E-state index >= 15 is 0 Å². The van der Waals surface area contributed by atoms with E-state index in [2.05, 4.69) is 4.89 Å². The van der Waals surface area contributed by atoms with Crippen LogP contribution in [0, 0.1) is 5.92 Å². The van der Waals surface area contributed by atoms with Crippen LogP contribution in [0.1, 0.15) is 27.2 Å². The van der Waals surface area contributed by atoms with Gasteiger partial charge in [-0.2, -0.15) is 0 Å². The molecule has 0 bridgehead atoms. The Hall–Kier alpha value is -0.120. The highest BCUT2D eigenvalue weighted by Crippen LogP contribution is 2.15. The van der Waals surface area contributed by atoms with E-state index in [0.29, 0.717) is 12.3 Å². The second kappa shape index (κ2) is 3.15. The van der Waals surface area contributed by atoms with Gasteiger partial charge >= 0.3 is 0 Å². The van der Waals surface area contributed by atoms with E-state index in [1.165, 1.54) is 6.92 Å². The topological polar surface area (TPSA) is 49.7 Å². The van der Waals surface area contributed by atoms with Crippen molar-refractivity contribution in [1.29, 1.82) is 0 Å². The third-order valence-corrected chi connectivity index (χ3v) is 0.984. The van der Waals surface area contributed by atoms with E-state index in [-0.39, 0.29) is 0 Å². The second-order valence-corrected chi connectivity index (χ2v) is 2.86. The van der Waals surface area contributed by atoms with Crippen LogP contribution in [0.15, 0.2) is 0 Å². The van der Waals surface area contributed by atoms with Crippen molar-refractivity contribution >= 4 is 0 Å². The van der Waals surface area contributed by atoms with Crippen LogP contribution >= 0.6 is 0 Å². The molecule has 0 aliphatic rings. The van der Waals surface area contributed by atoms with Gasteiger partial charge in [0.1, 0.15) is 0 Å². The fourth-order valence-corrected chi connectivity index (χ4v) is 0.795. The highest BCUT2D eigenvalue weighted by atomic mass is 17.1. The third kappa shape index (κ3) is 4.39. The Kier molecular flexibility index (Phi) is 3.11. The first kappa shape index (κ1) is 8.88. The van der Waals surface area contributed by atoms with Crippen LogP contribution in [-0.2, 0) is 4.89 Å². The molecule has 0 aromatic heterocycles. The van der Waals surface area contributed by atoms with Crippen molar-refractivity contribution in [2.75, 3.05) is 0 Å². The van der Waals surface area contributed by atoms with Gasteiger partial charge in [-0.3, -0.25) is 0 Å². The number of hydrogen-bond acceptors (Lipinski definition) is 3. The molecule has 0 rings (SSSR count). The van der Waals surface area contributed by atoms with Gasteiger partial charge in [-0.25, -0.2) is 10.1 Å². The number of rotatable bonds is 3. The molecule has 0 saturated carbocycles. The summed E-state index contributed by atoms with van der Waals surface area (Å²) in [6.07, 6.45) is 0.434. The van der Waals surface area contributed by atoms with Crippen molar-refractivity contribution in [3.8, 4) is 0 Å². The average Bonchev–Trinajstić information content (AvgIpc) is 1.63. The quantitative estimate of drug-likeness (QED) is 0.347. The largest absolute Gasteiger partial charge is 0.363 e. The van der Waals surface area contributed by atoms with E-state index in [4.69, 9.17) is 10.4 Å². The predicted molar refractivity (Wildman–Crippen MR) is 33.8 cm³/mol. The lowest BCUT2D eigenvalue weighted by Gasteiger charge is -2.20. The highest BCUT2D eigenvalue weighted by Gasteiger charge is 2.21. The zero-order valence-corrected chi connectivity index (χ0v) is 6.09. The van der Waals surface area contributed by atoms with Crippen LogP contribution in [0.3, 0.4) is 0 Å². The lowest BCUT2D eigenvalue weighted by molar-refractivity contribution is -0.389. The standard InChI is InChI=1S/C6H14O3/c1-5(2)4-6(3,7)9-8/h5,7-8H,4H2,1-3H3. The Bertz CT molecular complexity index is 78.4. The summed E-state index contributed by atoms with van der Waals surface area (Å²) in [6.45, 7) is 5.30. The Balaban J connectivity index is 3.58. The first-order valence-electron chi connectivity index (χ1n) is 3.03. The van der Waals surface area contributed by atoms with Gasteiger partial charge in [0.15, 0.2) is 5.79 Å². The predicted octanol–water partition coefficient (Wildman–Crippen LogP) is 1.23. The number of hydrogen-bond donors (Lipinski definition) is 2. The van der Waals surface area contributed by atoms with E-state index < -0.39 is 5.79 Å². The fraction of sp³-hybridized carbons (Fsp3) is 1.00. The smallest absolute Gasteiger partial charge is 0.196 e. The first-order chi connectivity index (χ1) is 3.98. The Labute approximate surface area is 55.2 Å². The Morgan fingerprint density at radius 3 is 2.11 bits per heavy atom. The molecule has 0 amide bonds. The molecule has 56 valence electrons. The summed E-state index contributed by atoms with van der Waals surface area (Å²) >= 11 is 0. The summed E-state index contributed by atoms with van der Waals surface area (Å²) in [7, 11) is 0. The number of aliphatic hydroxyl groups is 1. The molecule has 0 saturated heterocycles. The molecule has 0 spiro atoms. The molecule has 1 unspecified atom stereocenters. The van der Waals surface area contributed by atoms with Crippen molar-refractivity contribution in [3.05, 3.63) is 0 Å². The summed E-state index contributed by atoms with van der Waals surface area (Å²) in [5, 5.41) is 17.1. The first-order valence-corrected chi connectivity index (χ1v) is 3.03. The van der Waals surface area contributed by atoms with Crippen LogP contribution in [0.5, 0.6) is 0 Å². The molecule has 1 atom stereocenters. The molecule has 3 heteroatoms. The van der Waals surface area contributed by atoms with Crippen LogP contribution in [-0.4, -0.2) is 16.2 Å². The molecule has 0 heterocycles. The van der Waals surface area contributed by atoms with Gasteiger partial charge < -0.3 is 5.11 Å². The SMILES string of the molecule is CC(C)CC(C)(O)OO. The summed E-state index contributed by atoms with van der Waals surface area (Å²) in [5.41, 5.74) is 0. The summed E-state index contributed by atoms with van der Waals surface area (Å²) in [6, 6.07) is 0. The monoisotopic (exact) mass is 134 g/mol. The Morgan fingerprint density at radius 1 is 1.56 bits per heavy atom. The van der Waals surface area contributed by atoms with Crippen LogP contribution in [0.2, 0.25) is 0 Å². The van der Waals surface area contributed by atoms with Crippen molar-refractivity contribution in [2.45, 2.75) is 33.0 Å². The van der Waals surface area contributed by atoms with Crippen molar-refractivity contribution in [1.82, 2.24) is 0 Å². The molecule has 3 nitrogen and oxygen atoms in total. The molecular formula is C6H14O3.